The van der Waals surface area contributed by atoms with E-state index in [2.05, 4.69) is 5.32 Å². The summed E-state index contributed by atoms with van der Waals surface area (Å²) in [7, 11) is 0. The van der Waals surface area contributed by atoms with Gasteiger partial charge in [0.05, 0.1) is 0 Å². The number of carboxylic acids is 1. The average molecular weight is 293 g/mol. The number of hydrogen-bond acceptors (Lipinski definition) is 3. The van der Waals surface area contributed by atoms with E-state index in [0.29, 0.717) is 18.7 Å². The molecule has 0 radical (unpaired) electrons. The van der Waals surface area contributed by atoms with Crippen molar-refractivity contribution < 1.29 is 19.4 Å². The molecular formula is C16H23NO4. The van der Waals surface area contributed by atoms with Crippen molar-refractivity contribution in [3.8, 4) is 5.75 Å². The fourth-order valence-electron chi connectivity index (χ4n) is 1.81. The van der Waals surface area contributed by atoms with Crippen LogP contribution in [0.4, 0.5) is 0 Å². The first-order chi connectivity index (χ1) is 9.99. The Bertz CT molecular complexity index is 485. The number of hydrogen-bond donors (Lipinski definition) is 2. The highest BCUT2D eigenvalue weighted by molar-refractivity contribution is 5.77. The van der Waals surface area contributed by atoms with Gasteiger partial charge < -0.3 is 15.2 Å². The highest BCUT2D eigenvalue weighted by Gasteiger charge is 2.03. The molecule has 5 heteroatoms. The number of carboxylic acid groups (broad SMARTS) is 1. The molecule has 0 aromatic heterocycles. The highest BCUT2D eigenvalue weighted by atomic mass is 16.5. The summed E-state index contributed by atoms with van der Waals surface area (Å²) < 4.78 is 5.42. The second-order valence-electron chi connectivity index (χ2n) is 5.09. The number of aliphatic carboxylic acids is 1. The fourth-order valence-corrected chi connectivity index (χ4v) is 1.81. The van der Waals surface area contributed by atoms with Crippen LogP contribution >= 0.6 is 0 Å². The summed E-state index contributed by atoms with van der Waals surface area (Å²) in [5.41, 5.74) is 2.32. The van der Waals surface area contributed by atoms with E-state index in [0.717, 1.165) is 18.4 Å². The Balaban J connectivity index is 2.13. The molecule has 0 saturated heterocycles. The summed E-state index contributed by atoms with van der Waals surface area (Å²) in [4.78, 5) is 21.9. The van der Waals surface area contributed by atoms with Crippen molar-refractivity contribution in [1.82, 2.24) is 5.32 Å². The quantitative estimate of drug-likeness (QED) is 0.686. The zero-order chi connectivity index (χ0) is 15.7. The predicted octanol–water partition coefficient (Wildman–Crippen LogP) is 2.44. The lowest BCUT2D eigenvalue weighted by atomic mass is 10.1. The van der Waals surface area contributed by atoms with Crippen LogP contribution < -0.4 is 10.1 Å². The van der Waals surface area contributed by atoms with E-state index in [1.807, 2.05) is 32.0 Å². The molecule has 0 spiro atoms. The summed E-state index contributed by atoms with van der Waals surface area (Å²) >= 11 is 0. The summed E-state index contributed by atoms with van der Waals surface area (Å²) in [5, 5.41) is 11.2. The van der Waals surface area contributed by atoms with Crippen molar-refractivity contribution in [3.05, 3.63) is 29.3 Å². The molecule has 21 heavy (non-hydrogen) atoms. The van der Waals surface area contributed by atoms with E-state index < -0.39 is 5.97 Å². The Hall–Kier alpha value is -2.04. The normalized spacial score (nSPS) is 10.2. The Kier molecular flexibility index (Phi) is 7.29. The van der Waals surface area contributed by atoms with Gasteiger partial charge in [0, 0.05) is 13.0 Å². The molecule has 0 bridgehead atoms. The van der Waals surface area contributed by atoms with E-state index >= 15 is 0 Å². The summed E-state index contributed by atoms with van der Waals surface area (Å²) in [5.74, 6) is -0.248. The molecule has 0 heterocycles. The molecule has 2 N–H and O–H groups in total. The van der Waals surface area contributed by atoms with Crippen LogP contribution in [0, 0.1) is 13.8 Å². The Morgan fingerprint density at radius 2 is 1.90 bits per heavy atom. The lowest BCUT2D eigenvalue weighted by Crippen LogP contribution is -2.29. The molecule has 1 rings (SSSR count). The molecule has 0 aliphatic rings. The summed E-state index contributed by atoms with van der Waals surface area (Å²) in [6.45, 7) is 4.57. The van der Waals surface area contributed by atoms with Crippen LogP contribution in [0.1, 0.15) is 36.8 Å². The Morgan fingerprint density at radius 1 is 1.14 bits per heavy atom. The molecule has 1 aromatic rings. The molecule has 0 unspecified atom stereocenters. The Morgan fingerprint density at radius 3 is 2.57 bits per heavy atom. The lowest BCUT2D eigenvalue weighted by molar-refractivity contribution is -0.137. The molecule has 0 saturated carbocycles. The van der Waals surface area contributed by atoms with Crippen molar-refractivity contribution in [2.45, 2.75) is 39.5 Å². The van der Waals surface area contributed by atoms with E-state index in [9.17, 15) is 9.59 Å². The minimum Gasteiger partial charge on any atom is -0.484 e. The van der Waals surface area contributed by atoms with Crippen LogP contribution in [0.5, 0.6) is 5.75 Å². The van der Waals surface area contributed by atoms with Crippen molar-refractivity contribution in [2.75, 3.05) is 13.2 Å². The van der Waals surface area contributed by atoms with E-state index in [1.54, 1.807) is 0 Å². The van der Waals surface area contributed by atoms with Crippen LogP contribution in [0.2, 0.25) is 0 Å². The maximum absolute atomic E-state index is 11.6. The molecule has 0 aliphatic heterocycles. The second kappa shape index (κ2) is 9.00. The van der Waals surface area contributed by atoms with E-state index in [4.69, 9.17) is 9.84 Å². The standard InChI is InChI=1S/C16H23NO4/c1-12-7-8-14(10-13(12)2)21-11-15(18)17-9-5-3-4-6-16(19)20/h7-8,10H,3-6,9,11H2,1-2H3,(H,17,18)(H,19,20). The topological polar surface area (TPSA) is 75.6 Å². The van der Waals surface area contributed by atoms with Crippen LogP contribution in [0.15, 0.2) is 18.2 Å². The van der Waals surface area contributed by atoms with Gasteiger partial charge in [-0.3, -0.25) is 9.59 Å². The van der Waals surface area contributed by atoms with Gasteiger partial charge in [0.15, 0.2) is 6.61 Å². The van der Waals surface area contributed by atoms with Gasteiger partial charge in [0.2, 0.25) is 0 Å². The number of nitrogens with one attached hydrogen (secondary N) is 1. The molecule has 1 amide bonds. The van der Waals surface area contributed by atoms with Gasteiger partial charge in [0.25, 0.3) is 5.91 Å². The largest absolute Gasteiger partial charge is 0.484 e. The van der Waals surface area contributed by atoms with Crippen molar-refractivity contribution in [2.24, 2.45) is 0 Å². The van der Waals surface area contributed by atoms with Gasteiger partial charge in [-0.05, 0) is 49.9 Å². The molecule has 0 fully saturated rings. The number of unbranched alkanes of at least 4 members (excludes halogenated alkanes) is 2. The maximum Gasteiger partial charge on any atom is 0.303 e. The molecule has 116 valence electrons. The van der Waals surface area contributed by atoms with Crippen molar-refractivity contribution in [1.29, 1.82) is 0 Å². The van der Waals surface area contributed by atoms with Gasteiger partial charge in [-0.15, -0.1) is 0 Å². The first kappa shape index (κ1) is 17.0. The fraction of sp³-hybridized carbons (Fsp3) is 0.500. The SMILES string of the molecule is Cc1ccc(OCC(=O)NCCCCCC(=O)O)cc1C. The lowest BCUT2D eigenvalue weighted by Gasteiger charge is -2.09. The molecule has 0 atom stereocenters. The number of rotatable bonds is 9. The first-order valence-corrected chi connectivity index (χ1v) is 7.17. The number of benzene rings is 1. The van der Waals surface area contributed by atoms with E-state index in [-0.39, 0.29) is 18.9 Å². The second-order valence-corrected chi connectivity index (χ2v) is 5.09. The van der Waals surface area contributed by atoms with Crippen LogP contribution in [0.3, 0.4) is 0 Å². The maximum atomic E-state index is 11.6. The van der Waals surface area contributed by atoms with Crippen LogP contribution in [-0.2, 0) is 9.59 Å². The number of amides is 1. The predicted molar refractivity (Wildman–Crippen MR) is 80.5 cm³/mol. The molecular weight excluding hydrogens is 270 g/mol. The van der Waals surface area contributed by atoms with Crippen molar-refractivity contribution >= 4 is 11.9 Å². The monoisotopic (exact) mass is 293 g/mol. The Labute approximate surface area is 125 Å². The third-order valence-electron chi connectivity index (χ3n) is 3.24. The summed E-state index contributed by atoms with van der Waals surface area (Å²) in [6.07, 6.45) is 2.40. The molecule has 1 aromatic carbocycles. The molecule has 5 nitrogen and oxygen atoms in total. The third-order valence-corrected chi connectivity index (χ3v) is 3.24. The number of aryl methyl sites for hydroxylation is 2. The number of carbonyl (C=O) groups excluding carboxylic acids is 1. The van der Waals surface area contributed by atoms with E-state index in [1.165, 1.54) is 5.56 Å². The average Bonchev–Trinajstić information content (AvgIpc) is 2.43. The van der Waals surface area contributed by atoms with Crippen molar-refractivity contribution in [3.63, 3.8) is 0 Å². The highest BCUT2D eigenvalue weighted by Crippen LogP contribution is 2.16. The summed E-state index contributed by atoms with van der Waals surface area (Å²) in [6, 6.07) is 5.72. The third kappa shape index (κ3) is 7.34. The van der Waals surface area contributed by atoms with Gasteiger partial charge in [-0.1, -0.05) is 12.5 Å². The van der Waals surface area contributed by atoms with Gasteiger partial charge in [-0.2, -0.15) is 0 Å². The minimum atomic E-state index is -0.777. The minimum absolute atomic E-state index is 0.00235. The zero-order valence-electron chi connectivity index (χ0n) is 12.6. The van der Waals surface area contributed by atoms with Crippen LogP contribution in [0.25, 0.3) is 0 Å². The smallest absolute Gasteiger partial charge is 0.303 e. The zero-order valence-corrected chi connectivity index (χ0v) is 12.6. The number of carbonyl (C=O) groups is 2. The van der Waals surface area contributed by atoms with Gasteiger partial charge in [0.1, 0.15) is 5.75 Å². The van der Waals surface area contributed by atoms with Crippen LogP contribution in [-0.4, -0.2) is 30.1 Å². The number of ether oxygens (including phenoxy) is 1. The molecule has 0 aliphatic carbocycles. The van der Waals surface area contributed by atoms with Gasteiger partial charge >= 0.3 is 5.97 Å². The van der Waals surface area contributed by atoms with Gasteiger partial charge in [-0.25, -0.2) is 0 Å². The first-order valence-electron chi connectivity index (χ1n) is 7.17.